The van der Waals surface area contributed by atoms with Gasteiger partial charge in [0.1, 0.15) is 5.84 Å². The quantitative estimate of drug-likeness (QED) is 0.399. The number of amidine groups is 1. The number of nitrogen functional groups attached to an aromatic ring is 1. The van der Waals surface area contributed by atoms with Crippen molar-refractivity contribution in [2.24, 2.45) is 5.73 Å². The van der Waals surface area contributed by atoms with Crippen molar-refractivity contribution < 1.29 is 17.9 Å². The van der Waals surface area contributed by atoms with Gasteiger partial charge >= 0.3 is 0 Å². The molecule has 0 heterocycles. The molecule has 0 radical (unpaired) electrons. The van der Waals surface area contributed by atoms with Crippen LogP contribution in [-0.2, 0) is 19.3 Å². The van der Waals surface area contributed by atoms with E-state index < -0.39 is 9.84 Å². The molecule has 112 valence electrons. The minimum absolute atomic E-state index is 0.0848. The summed E-state index contributed by atoms with van der Waals surface area (Å²) in [7, 11) is -3.37. The number of nitrogens with two attached hydrogens (primary N) is 1. The molecule has 3 N–H and O–H groups in total. The van der Waals surface area contributed by atoms with Crippen LogP contribution in [0.5, 0.6) is 0 Å². The molecule has 0 fully saturated rings. The Morgan fingerprint density at radius 1 is 1.15 bits per heavy atom. The van der Waals surface area contributed by atoms with Crippen LogP contribution in [0.15, 0.2) is 29.2 Å². The molecule has 0 saturated carbocycles. The van der Waals surface area contributed by atoms with Crippen LogP contribution in [-0.4, -0.2) is 46.4 Å². The Bertz CT molecular complexity index is 526. The van der Waals surface area contributed by atoms with E-state index in [1.165, 1.54) is 24.3 Å². The number of hydrogen-bond donors (Lipinski definition) is 2. The van der Waals surface area contributed by atoms with Gasteiger partial charge < -0.3 is 15.2 Å². The van der Waals surface area contributed by atoms with E-state index in [9.17, 15) is 8.42 Å². The minimum atomic E-state index is -3.37. The number of sulfone groups is 1. The van der Waals surface area contributed by atoms with Gasteiger partial charge in [0.15, 0.2) is 9.84 Å². The van der Waals surface area contributed by atoms with Crippen molar-refractivity contribution in [1.82, 2.24) is 0 Å². The summed E-state index contributed by atoms with van der Waals surface area (Å²) in [6.07, 6.45) is 0. The predicted molar refractivity (Wildman–Crippen MR) is 76.8 cm³/mol. The number of benzene rings is 1. The van der Waals surface area contributed by atoms with Crippen LogP contribution in [0.2, 0.25) is 0 Å². The third-order valence-corrected chi connectivity index (χ3v) is 4.29. The fourth-order valence-electron chi connectivity index (χ4n) is 1.49. The van der Waals surface area contributed by atoms with Crippen LogP contribution >= 0.6 is 0 Å². The van der Waals surface area contributed by atoms with E-state index in [4.69, 9.17) is 20.6 Å². The molecule has 0 unspecified atom stereocenters. The van der Waals surface area contributed by atoms with Crippen molar-refractivity contribution in [2.75, 3.05) is 32.2 Å². The molecular weight excluding hydrogens is 280 g/mol. The molecule has 20 heavy (non-hydrogen) atoms. The van der Waals surface area contributed by atoms with Crippen LogP contribution in [0.25, 0.3) is 0 Å². The average Bonchev–Trinajstić information content (AvgIpc) is 2.43. The molecule has 0 aliphatic heterocycles. The number of ether oxygens (including phenoxy) is 2. The molecule has 6 nitrogen and oxygen atoms in total. The second-order valence-electron chi connectivity index (χ2n) is 4.07. The summed E-state index contributed by atoms with van der Waals surface area (Å²) in [5.74, 6) is -0.174. The summed E-state index contributed by atoms with van der Waals surface area (Å²) in [5.41, 5.74) is 5.81. The summed E-state index contributed by atoms with van der Waals surface area (Å²) in [6.45, 7) is 3.47. The summed E-state index contributed by atoms with van der Waals surface area (Å²) >= 11 is 0. The monoisotopic (exact) mass is 300 g/mol. The van der Waals surface area contributed by atoms with Gasteiger partial charge in [-0.05, 0) is 19.1 Å². The van der Waals surface area contributed by atoms with Crippen molar-refractivity contribution in [3.05, 3.63) is 29.8 Å². The number of rotatable bonds is 9. The molecule has 0 aliphatic rings. The Labute approximate surface area is 119 Å². The second kappa shape index (κ2) is 7.98. The topological polar surface area (TPSA) is 102 Å². The molecular formula is C13H20N2O4S. The molecule has 0 spiro atoms. The van der Waals surface area contributed by atoms with Gasteiger partial charge in [0.05, 0.1) is 30.5 Å². The van der Waals surface area contributed by atoms with Gasteiger partial charge in [0, 0.05) is 12.2 Å². The minimum Gasteiger partial charge on any atom is -0.384 e. The van der Waals surface area contributed by atoms with Crippen molar-refractivity contribution >= 4 is 15.7 Å². The lowest BCUT2D eigenvalue weighted by Crippen LogP contribution is -2.15. The van der Waals surface area contributed by atoms with Crippen LogP contribution in [0.4, 0.5) is 0 Å². The molecule has 0 aliphatic carbocycles. The number of hydrogen-bond acceptors (Lipinski definition) is 5. The molecule has 0 atom stereocenters. The summed E-state index contributed by atoms with van der Waals surface area (Å²) in [5, 5.41) is 7.25. The van der Waals surface area contributed by atoms with E-state index in [2.05, 4.69) is 0 Å². The lowest BCUT2D eigenvalue weighted by molar-refractivity contribution is 0.0590. The standard InChI is InChI=1S/C13H20N2O4S/c1-2-18-7-8-19-9-10-20(16,17)12-5-3-11(4-6-12)13(14)15/h3-6H,2,7-10H2,1H3,(H3,14,15). The molecule has 1 aromatic rings. The third-order valence-electron chi connectivity index (χ3n) is 2.60. The van der Waals surface area contributed by atoms with Crippen LogP contribution in [0.1, 0.15) is 12.5 Å². The van der Waals surface area contributed by atoms with E-state index in [-0.39, 0.29) is 23.1 Å². The molecule has 0 saturated heterocycles. The Kier molecular flexibility index (Phi) is 6.63. The molecule has 1 rings (SSSR count). The fraction of sp³-hybridized carbons (Fsp3) is 0.462. The van der Waals surface area contributed by atoms with E-state index >= 15 is 0 Å². The lowest BCUT2D eigenvalue weighted by atomic mass is 10.2. The van der Waals surface area contributed by atoms with E-state index in [0.717, 1.165) is 0 Å². The Balaban J connectivity index is 2.49. The van der Waals surface area contributed by atoms with Gasteiger partial charge in [-0.15, -0.1) is 0 Å². The van der Waals surface area contributed by atoms with Crippen LogP contribution in [0.3, 0.4) is 0 Å². The SMILES string of the molecule is CCOCCOCCS(=O)(=O)c1ccc(C(=N)N)cc1. The van der Waals surface area contributed by atoms with Gasteiger partial charge in [-0.2, -0.15) is 0 Å². The molecule has 7 heteroatoms. The van der Waals surface area contributed by atoms with Crippen molar-refractivity contribution in [3.63, 3.8) is 0 Å². The zero-order chi connectivity index (χ0) is 15.0. The first-order chi connectivity index (χ1) is 9.47. The van der Waals surface area contributed by atoms with Crippen LogP contribution < -0.4 is 5.73 Å². The molecule has 0 bridgehead atoms. The zero-order valence-electron chi connectivity index (χ0n) is 11.5. The second-order valence-corrected chi connectivity index (χ2v) is 6.18. The number of nitrogens with one attached hydrogen (secondary N) is 1. The van der Waals surface area contributed by atoms with Gasteiger partial charge in [-0.1, -0.05) is 12.1 Å². The smallest absolute Gasteiger partial charge is 0.180 e. The van der Waals surface area contributed by atoms with E-state index in [1.807, 2.05) is 6.92 Å². The maximum absolute atomic E-state index is 12.0. The highest BCUT2D eigenvalue weighted by Crippen LogP contribution is 2.12. The third kappa shape index (κ3) is 5.28. The molecule has 0 aromatic heterocycles. The molecule has 1 aromatic carbocycles. The highest BCUT2D eigenvalue weighted by Gasteiger charge is 2.14. The average molecular weight is 300 g/mol. The van der Waals surface area contributed by atoms with Gasteiger partial charge in [-0.25, -0.2) is 8.42 Å². The summed E-state index contributed by atoms with van der Waals surface area (Å²) < 4.78 is 34.3. The van der Waals surface area contributed by atoms with Crippen LogP contribution in [0, 0.1) is 5.41 Å². The lowest BCUT2D eigenvalue weighted by Gasteiger charge is -2.07. The fourth-order valence-corrected chi connectivity index (χ4v) is 2.62. The Morgan fingerprint density at radius 2 is 1.75 bits per heavy atom. The maximum Gasteiger partial charge on any atom is 0.180 e. The highest BCUT2D eigenvalue weighted by molar-refractivity contribution is 7.91. The Morgan fingerprint density at radius 3 is 2.30 bits per heavy atom. The van der Waals surface area contributed by atoms with Crippen molar-refractivity contribution in [3.8, 4) is 0 Å². The summed E-state index contributed by atoms with van der Waals surface area (Å²) in [4.78, 5) is 0.205. The van der Waals surface area contributed by atoms with Crippen molar-refractivity contribution in [1.29, 1.82) is 5.41 Å². The summed E-state index contributed by atoms with van der Waals surface area (Å²) in [6, 6.07) is 5.94. The first-order valence-corrected chi connectivity index (χ1v) is 7.95. The first-order valence-electron chi connectivity index (χ1n) is 6.30. The predicted octanol–water partition coefficient (Wildman–Crippen LogP) is 0.797. The normalized spacial score (nSPS) is 11.4. The van der Waals surface area contributed by atoms with Gasteiger partial charge in [0.2, 0.25) is 0 Å². The highest BCUT2D eigenvalue weighted by atomic mass is 32.2. The molecule has 0 amide bonds. The Hall–Kier alpha value is -1.44. The maximum atomic E-state index is 12.0. The first kappa shape index (κ1) is 16.6. The zero-order valence-corrected chi connectivity index (χ0v) is 12.3. The largest absolute Gasteiger partial charge is 0.384 e. The van der Waals surface area contributed by atoms with E-state index in [1.54, 1.807) is 0 Å². The van der Waals surface area contributed by atoms with E-state index in [0.29, 0.717) is 25.4 Å². The van der Waals surface area contributed by atoms with Gasteiger partial charge in [0.25, 0.3) is 0 Å². The van der Waals surface area contributed by atoms with Crippen molar-refractivity contribution in [2.45, 2.75) is 11.8 Å². The van der Waals surface area contributed by atoms with Gasteiger partial charge in [-0.3, -0.25) is 5.41 Å².